The summed E-state index contributed by atoms with van der Waals surface area (Å²) in [5.41, 5.74) is 0.575. The summed E-state index contributed by atoms with van der Waals surface area (Å²) in [4.78, 5) is 2.14. The fourth-order valence-corrected chi connectivity index (χ4v) is 3.12. The summed E-state index contributed by atoms with van der Waals surface area (Å²) in [6, 6.07) is 2.83. The van der Waals surface area contributed by atoms with Gasteiger partial charge in [-0.05, 0) is 18.6 Å². The number of benzene rings is 1. The van der Waals surface area contributed by atoms with Gasteiger partial charge in [-0.2, -0.15) is 0 Å². The molecule has 114 valence electrons. The number of hydrogen-bond donors (Lipinski definition) is 2. The molecule has 0 bridgehead atoms. The molecule has 1 fully saturated rings. The van der Waals surface area contributed by atoms with Gasteiger partial charge < -0.3 is 10.4 Å². The fourth-order valence-electron chi connectivity index (χ4n) is 2.51. The molecule has 1 atom stereocenters. The van der Waals surface area contributed by atoms with Crippen molar-refractivity contribution in [3.63, 3.8) is 0 Å². The summed E-state index contributed by atoms with van der Waals surface area (Å²) in [6.07, 6.45) is 0.314. The minimum Gasteiger partial charge on any atom is -0.508 e. The largest absolute Gasteiger partial charge is 0.508 e. The quantitative estimate of drug-likeness (QED) is 0.879. The second kappa shape index (κ2) is 8.25. The van der Waals surface area contributed by atoms with Crippen LogP contribution in [0.25, 0.3) is 0 Å². The Kier molecular flexibility index (Phi) is 7.34. The van der Waals surface area contributed by atoms with Gasteiger partial charge in [-0.25, -0.2) is 0 Å². The van der Waals surface area contributed by atoms with E-state index in [2.05, 4.69) is 10.2 Å². The van der Waals surface area contributed by atoms with Crippen LogP contribution in [0.15, 0.2) is 12.1 Å². The van der Waals surface area contributed by atoms with Gasteiger partial charge in [-0.3, -0.25) is 9.29 Å². The van der Waals surface area contributed by atoms with Crippen molar-refractivity contribution in [1.82, 2.24) is 10.2 Å². The van der Waals surface area contributed by atoms with Crippen molar-refractivity contribution in [3.05, 3.63) is 27.7 Å². The lowest BCUT2D eigenvalue weighted by Gasteiger charge is -2.35. The Morgan fingerprint density at radius 3 is 2.50 bits per heavy atom. The number of halogens is 4. The van der Waals surface area contributed by atoms with Crippen LogP contribution in [0.3, 0.4) is 0 Å². The number of rotatable bonds is 4. The molecular weight excluding hydrogens is 326 g/mol. The Hall–Kier alpha value is -0.260. The third kappa shape index (κ3) is 4.12. The molecule has 0 aliphatic carbocycles. The topological polar surface area (TPSA) is 35.5 Å². The van der Waals surface area contributed by atoms with E-state index in [1.165, 1.54) is 6.07 Å². The van der Waals surface area contributed by atoms with E-state index in [-0.39, 0.29) is 24.2 Å². The third-order valence-corrected chi connectivity index (χ3v) is 3.91. The molecule has 1 saturated heterocycles. The van der Waals surface area contributed by atoms with E-state index in [9.17, 15) is 9.50 Å². The molecule has 0 spiro atoms. The Morgan fingerprint density at radius 1 is 1.30 bits per heavy atom. The van der Waals surface area contributed by atoms with E-state index < -0.39 is 6.67 Å². The summed E-state index contributed by atoms with van der Waals surface area (Å²) in [5.74, 6) is 0.0366. The number of nitrogens with zero attached hydrogens (tertiary/aromatic N) is 1. The van der Waals surface area contributed by atoms with Gasteiger partial charge in [0.2, 0.25) is 0 Å². The number of piperazine rings is 1. The monoisotopic (exact) mass is 342 g/mol. The van der Waals surface area contributed by atoms with Crippen molar-refractivity contribution in [3.8, 4) is 5.75 Å². The van der Waals surface area contributed by atoms with Crippen molar-refractivity contribution in [2.24, 2.45) is 0 Å². The number of phenolic OH excluding ortho intramolecular Hbond substituents is 1. The molecule has 1 aliphatic rings. The highest BCUT2D eigenvalue weighted by atomic mass is 35.5. The smallest absolute Gasteiger partial charge is 0.123 e. The van der Waals surface area contributed by atoms with Crippen molar-refractivity contribution >= 4 is 35.6 Å². The molecule has 0 unspecified atom stereocenters. The molecule has 0 amide bonds. The molecule has 3 nitrogen and oxygen atoms in total. The van der Waals surface area contributed by atoms with Crippen molar-refractivity contribution in [2.75, 3.05) is 32.9 Å². The highest BCUT2D eigenvalue weighted by molar-refractivity contribution is 6.35. The minimum absolute atomic E-state index is 0. The van der Waals surface area contributed by atoms with Gasteiger partial charge >= 0.3 is 0 Å². The average Bonchev–Trinajstić information content (AvgIpc) is 2.37. The number of alkyl halides is 1. The summed E-state index contributed by atoms with van der Waals surface area (Å²) >= 11 is 12.0. The maximum absolute atomic E-state index is 12.8. The normalized spacial score (nSPS) is 17.6. The van der Waals surface area contributed by atoms with Gasteiger partial charge in [0.25, 0.3) is 0 Å². The lowest BCUT2D eigenvalue weighted by Crippen LogP contribution is -2.45. The summed E-state index contributed by atoms with van der Waals surface area (Å²) in [7, 11) is 0. The summed E-state index contributed by atoms with van der Waals surface area (Å²) in [5, 5.41) is 14.1. The van der Waals surface area contributed by atoms with Crippen molar-refractivity contribution in [1.29, 1.82) is 0 Å². The van der Waals surface area contributed by atoms with Crippen LogP contribution < -0.4 is 5.32 Å². The van der Waals surface area contributed by atoms with Crippen LogP contribution in [0.4, 0.5) is 4.39 Å². The first-order valence-corrected chi connectivity index (χ1v) is 7.07. The molecule has 0 radical (unpaired) electrons. The van der Waals surface area contributed by atoms with Gasteiger partial charge in [0.15, 0.2) is 0 Å². The SMILES string of the molecule is Cl.Oc1cc(Cl)cc(Cl)c1[C@H](CCF)N1CCNCC1. The average molecular weight is 344 g/mol. The molecular formula is C13H18Cl3FN2O. The maximum Gasteiger partial charge on any atom is 0.123 e. The van der Waals surface area contributed by atoms with Gasteiger partial charge in [0, 0.05) is 42.8 Å². The number of hydrogen-bond acceptors (Lipinski definition) is 3. The first kappa shape index (κ1) is 17.8. The van der Waals surface area contributed by atoms with Gasteiger partial charge in [-0.1, -0.05) is 23.2 Å². The molecule has 1 aromatic rings. The van der Waals surface area contributed by atoms with Crippen LogP contribution in [-0.2, 0) is 0 Å². The zero-order valence-corrected chi connectivity index (χ0v) is 13.2. The predicted octanol–water partition coefficient (Wildman–Crippen LogP) is 3.43. The highest BCUT2D eigenvalue weighted by Gasteiger charge is 2.26. The third-order valence-electron chi connectivity index (χ3n) is 3.38. The van der Waals surface area contributed by atoms with Crippen molar-refractivity contribution < 1.29 is 9.50 Å². The highest BCUT2D eigenvalue weighted by Crippen LogP contribution is 2.39. The van der Waals surface area contributed by atoms with Gasteiger partial charge in [0.05, 0.1) is 11.7 Å². The van der Waals surface area contributed by atoms with Gasteiger partial charge in [0.1, 0.15) is 5.75 Å². The molecule has 1 heterocycles. The van der Waals surface area contributed by atoms with Crippen LogP contribution in [0.5, 0.6) is 5.75 Å². The van der Waals surface area contributed by atoms with E-state index in [1.807, 2.05) is 0 Å². The number of phenols is 1. The van der Waals surface area contributed by atoms with E-state index in [0.717, 1.165) is 26.2 Å². The molecule has 2 N–H and O–H groups in total. The Morgan fingerprint density at radius 2 is 1.95 bits per heavy atom. The van der Waals surface area contributed by atoms with E-state index >= 15 is 0 Å². The molecule has 1 aliphatic heterocycles. The van der Waals surface area contributed by atoms with E-state index in [0.29, 0.717) is 22.0 Å². The van der Waals surface area contributed by atoms with Crippen LogP contribution in [-0.4, -0.2) is 42.9 Å². The van der Waals surface area contributed by atoms with Crippen LogP contribution in [0.1, 0.15) is 18.0 Å². The summed E-state index contributed by atoms with van der Waals surface area (Å²) in [6.45, 7) is 2.88. The Labute approximate surface area is 134 Å². The zero-order chi connectivity index (χ0) is 13.8. The molecule has 0 aromatic heterocycles. The fraction of sp³-hybridized carbons (Fsp3) is 0.538. The zero-order valence-electron chi connectivity index (χ0n) is 10.9. The van der Waals surface area contributed by atoms with E-state index in [1.54, 1.807) is 6.07 Å². The van der Waals surface area contributed by atoms with Gasteiger partial charge in [-0.15, -0.1) is 12.4 Å². The Bertz CT molecular complexity index is 419. The number of aromatic hydroxyl groups is 1. The maximum atomic E-state index is 12.8. The van der Waals surface area contributed by atoms with Crippen LogP contribution >= 0.6 is 35.6 Å². The molecule has 1 aromatic carbocycles. The summed E-state index contributed by atoms with van der Waals surface area (Å²) < 4.78 is 12.8. The molecule has 0 saturated carbocycles. The first-order valence-electron chi connectivity index (χ1n) is 6.32. The minimum atomic E-state index is -0.451. The van der Waals surface area contributed by atoms with Crippen LogP contribution in [0.2, 0.25) is 10.0 Å². The molecule has 20 heavy (non-hydrogen) atoms. The lowest BCUT2D eigenvalue weighted by molar-refractivity contribution is 0.155. The van der Waals surface area contributed by atoms with Crippen molar-refractivity contribution in [2.45, 2.75) is 12.5 Å². The second-order valence-electron chi connectivity index (χ2n) is 4.60. The molecule has 7 heteroatoms. The van der Waals surface area contributed by atoms with E-state index in [4.69, 9.17) is 23.2 Å². The standard InChI is InChI=1S/C13H17Cl2FN2O.ClH/c14-9-7-10(15)13(12(19)8-9)11(1-2-16)18-5-3-17-4-6-18;/h7-8,11,17,19H,1-6H2;1H/t11-;/m0./s1. The lowest BCUT2D eigenvalue weighted by atomic mass is 10.0. The second-order valence-corrected chi connectivity index (χ2v) is 5.44. The number of nitrogens with one attached hydrogen (secondary N) is 1. The predicted molar refractivity (Wildman–Crippen MR) is 83.2 cm³/mol. The molecule has 2 rings (SSSR count). The van der Waals surface area contributed by atoms with Crippen LogP contribution in [0, 0.1) is 0 Å². The Balaban J connectivity index is 0.00000200. The first-order chi connectivity index (χ1) is 9.13.